The number of para-hydroxylation sites is 1. The molecule has 2 aliphatic rings. The number of hydrogen-bond donors (Lipinski definition) is 0. The fourth-order valence-corrected chi connectivity index (χ4v) is 5.95. The van der Waals surface area contributed by atoms with Gasteiger partial charge in [0.2, 0.25) is 15.9 Å². The van der Waals surface area contributed by atoms with Crippen LogP contribution in [0.25, 0.3) is 11.8 Å². The predicted octanol–water partition coefficient (Wildman–Crippen LogP) is 4.35. The highest BCUT2D eigenvalue weighted by Crippen LogP contribution is 2.28. The van der Waals surface area contributed by atoms with Gasteiger partial charge in [-0.2, -0.15) is 9.40 Å². The number of halogens is 1. The average Bonchev–Trinajstić information content (AvgIpc) is 3.39. The molecule has 35 heavy (non-hydrogen) atoms. The van der Waals surface area contributed by atoms with Gasteiger partial charge in [-0.1, -0.05) is 36.2 Å². The van der Waals surface area contributed by atoms with Crippen LogP contribution in [0.1, 0.15) is 36.1 Å². The van der Waals surface area contributed by atoms with E-state index in [1.165, 1.54) is 16.4 Å². The van der Waals surface area contributed by atoms with Gasteiger partial charge in [0.05, 0.1) is 16.3 Å². The number of aryl methyl sites for hydroxylation is 1. The molecule has 3 heterocycles. The number of sulfonamides is 1. The van der Waals surface area contributed by atoms with Gasteiger partial charge >= 0.3 is 5.97 Å². The van der Waals surface area contributed by atoms with E-state index in [1.54, 1.807) is 29.8 Å². The van der Waals surface area contributed by atoms with Crippen LogP contribution < -0.4 is 0 Å². The molecule has 0 saturated carbocycles. The van der Waals surface area contributed by atoms with Gasteiger partial charge in [-0.05, 0) is 62.2 Å². The van der Waals surface area contributed by atoms with Crippen molar-refractivity contribution in [3.05, 3.63) is 82.3 Å². The lowest BCUT2D eigenvalue weighted by Crippen LogP contribution is -2.35. The third-order valence-electron chi connectivity index (χ3n) is 6.00. The Bertz CT molecular complexity index is 1440. The molecule has 3 aromatic rings. The minimum absolute atomic E-state index is 0.0858. The smallest absolute Gasteiger partial charge is 0.363 e. The average molecular weight is 511 g/mol. The summed E-state index contributed by atoms with van der Waals surface area (Å²) in [5.41, 5.74) is 2.58. The number of aliphatic imine (C=N–C) groups is 1. The summed E-state index contributed by atoms with van der Waals surface area (Å²) in [4.78, 5) is 17.1. The lowest BCUT2D eigenvalue weighted by atomic mass is 10.2. The molecule has 0 atom stereocenters. The number of benzene rings is 2. The first kappa shape index (κ1) is 23.5. The molecule has 2 aliphatic heterocycles. The highest BCUT2D eigenvalue weighted by molar-refractivity contribution is 7.89. The predicted molar refractivity (Wildman–Crippen MR) is 133 cm³/mol. The Morgan fingerprint density at radius 1 is 1.00 bits per heavy atom. The molecule has 0 amide bonds. The Balaban J connectivity index is 1.41. The molecule has 0 bridgehead atoms. The molecule has 8 nitrogen and oxygen atoms in total. The number of ether oxygens (including phenoxy) is 1. The van der Waals surface area contributed by atoms with E-state index >= 15 is 0 Å². The standard InChI is InChI=1S/C25H23ClN4O4S/c1-17-21(23(26)30(28-17)19-8-4-2-5-9-19)16-22-25(31)34-24(27-22)18-10-12-20(13-11-18)35(32,33)29-14-6-3-7-15-29/h2,4-5,8-13,16H,3,6-7,14-15H2,1H3. The van der Waals surface area contributed by atoms with Gasteiger partial charge < -0.3 is 4.74 Å². The molecule has 0 spiro atoms. The van der Waals surface area contributed by atoms with Gasteiger partial charge in [-0.3, -0.25) is 0 Å². The Kier molecular flexibility index (Phi) is 6.31. The fourth-order valence-electron chi connectivity index (χ4n) is 4.11. The maximum absolute atomic E-state index is 12.9. The minimum atomic E-state index is -3.54. The van der Waals surface area contributed by atoms with Gasteiger partial charge in [0.15, 0.2) is 5.70 Å². The van der Waals surface area contributed by atoms with Crippen LogP contribution in [0.4, 0.5) is 0 Å². The monoisotopic (exact) mass is 510 g/mol. The number of cyclic esters (lactones) is 1. The van der Waals surface area contributed by atoms with Crippen LogP contribution >= 0.6 is 11.6 Å². The zero-order valence-electron chi connectivity index (χ0n) is 19.0. The van der Waals surface area contributed by atoms with Gasteiger partial charge in [0.25, 0.3) is 0 Å². The van der Waals surface area contributed by atoms with Crippen LogP contribution in [0.5, 0.6) is 0 Å². The number of piperidine rings is 1. The van der Waals surface area contributed by atoms with Crippen LogP contribution in [-0.4, -0.2) is 47.5 Å². The van der Waals surface area contributed by atoms with Gasteiger partial charge in [0, 0.05) is 24.2 Å². The minimum Gasteiger partial charge on any atom is -0.402 e. The first-order valence-electron chi connectivity index (χ1n) is 11.3. The van der Waals surface area contributed by atoms with E-state index in [1.807, 2.05) is 30.3 Å². The first-order valence-corrected chi connectivity index (χ1v) is 13.1. The maximum atomic E-state index is 12.9. The number of hydrogen-bond acceptors (Lipinski definition) is 6. The summed E-state index contributed by atoms with van der Waals surface area (Å²) in [5, 5.41) is 4.83. The Labute approximate surface area is 208 Å². The number of esters is 1. The van der Waals surface area contributed by atoms with E-state index < -0.39 is 16.0 Å². The zero-order chi connectivity index (χ0) is 24.6. The topological polar surface area (TPSA) is 93.9 Å². The van der Waals surface area contributed by atoms with E-state index in [4.69, 9.17) is 16.3 Å². The lowest BCUT2D eigenvalue weighted by Gasteiger charge is -2.25. The van der Waals surface area contributed by atoms with Crippen molar-refractivity contribution in [1.82, 2.24) is 14.1 Å². The number of rotatable bonds is 5. The quantitative estimate of drug-likeness (QED) is 0.375. The van der Waals surface area contributed by atoms with E-state index in [9.17, 15) is 13.2 Å². The summed E-state index contributed by atoms with van der Waals surface area (Å²) in [6.07, 6.45) is 4.33. The number of nitrogens with zero attached hydrogens (tertiary/aromatic N) is 4. The second kappa shape index (κ2) is 9.41. The number of carbonyl (C=O) groups is 1. The van der Waals surface area contributed by atoms with E-state index in [0.29, 0.717) is 35.1 Å². The van der Waals surface area contributed by atoms with Crippen molar-refractivity contribution in [3.8, 4) is 5.69 Å². The van der Waals surface area contributed by atoms with Crippen LogP contribution in [0.2, 0.25) is 5.15 Å². The molecular weight excluding hydrogens is 488 g/mol. The summed E-state index contributed by atoms with van der Waals surface area (Å²) in [6.45, 7) is 2.86. The molecule has 1 aromatic heterocycles. The van der Waals surface area contributed by atoms with Crippen LogP contribution in [-0.2, 0) is 19.6 Å². The molecule has 0 aliphatic carbocycles. The molecule has 5 rings (SSSR count). The van der Waals surface area contributed by atoms with Crippen LogP contribution in [0, 0.1) is 6.92 Å². The molecule has 2 aromatic carbocycles. The molecule has 1 fully saturated rings. The van der Waals surface area contributed by atoms with Crippen molar-refractivity contribution in [2.75, 3.05) is 13.1 Å². The molecule has 0 radical (unpaired) electrons. The summed E-state index contributed by atoms with van der Waals surface area (Å²) in [5.74, 6) is -0.514. The maximum Gasteiger partial charge on any atom is 0.363 e. The highest BCUT2D eigenvalue weighted by atomic mass is 35.5. The van der Waals surface area contributed by atoms with Crippen molar-refractivity contribution >= 4 is 39.6 Å². The SMILES string of the molecule is Cc1nn(-c2ccccc2)c(Cl)c1C=C1N=C(c2ccc(S(=O)(=O)N3CCCCC3)cc2)OC1=O. The second-order valence-electron chi connectivity index (χ2n) is 8.36. The van der Waals surface area contributed by atoms with E-state index in [-0.39, 0.29) is 16.5 Å². The van der Waals surface area contributed by atoms with Crippen molar-refractivity contribution < 1.29 is 17.9 Å². The normalized spacial score (nSPS) is 18.1. The highest BCUT2D eigenvalue weighted by Gasteiger charge is 2.28. The largest absolute Gasteiger partial charge is 0.402 e. The summed E-state index contributed by atoms with van der Waals surface area (Å²) in [7, 11) is -3.54. The molecule has 180 valence electrons. The van der Waals surface area contributed by atoms with Gasteiger partial charge in [-0.25, -0.2) is 22.9 Å². The Morgan fingerprint density at radius 3 is 2.37 bits per heavy atom. The van der Waals surface area contributed by atoms with Crippen LogP contribution in [0.15, 0.2) is 70.2 Å². The lowest BCUT2D eigenvalue weighted by molar-refractivity contribution is -0.129. The van der Waals surface area contributed by atoms with E-state index in [2.05, 4.69) is 10.1 Å². The first-order chi connectivity index (χ1) is 16.8. The molecule has 0 N–H and O–H groups in total. The Hall–Kier alpha value is -3.27. The summed E-state index contributed by atoms with van der Waals surface area (Å²) >= 11 is 6.56. The van der Waals surface area contributed by atoms with Crippen LogP contribution in [0.3, 0.4) is 0 Å². The number of aromatic nitrogens is 2. The molecule has 0 unspecified atom stereocenters. The third kappa shape index (κ3) is 4.54. The summed E-state index contributed by atoms with van der Waals surface area (Å²) < 4.78 is 34.2. The van der Waals surface area contributed by atoms with Gasteiger partial charge in [-0.15, -0.1) is 0 Å². The third-order valence-corrected chi connectivity index (χ3v) is 8.28. The van der Waals surface area contributed by atoms with E-state index in [0.717, 1.165) is 24.9 Å². The second-order valence-corrected chi connectivity index (χ2v) is 10.7. The van der Waals surface area contributed by atoms with Crippen molar-refractivity contribution in [3.63, 3.8) is 0 Å². The van der Waals surface area contributed by atoms with Crippen molar-refractivity contribution in [2.45, 2.75) is 31.1 Å². The van der Waals surface area contributed by atoms with Crippen molar-refractivity contribution in [2.24, 2.45) is 4.99 Å². The van der Waals surface area contributed by atoms with Crippen molar-refractivity contribution in [1.29, 1.82) is 0 Å². The molecule has 1 saturated heterocycles. The Morgan fingerprint density at radius 2 is 1.69 bits per heavy atom. The molecular formula is C25H23ClN4O4S. The molecule has 10 heteroatoms. The fraction of sp³-hybridized carbons (Fsp3) is 0.240. The summed E-state index contributed by atoms with van der Waals surface area (Å²) in [6, 6.07) is 15.6. The number of carbonyl (C=O) groups excluding carboxylic acids is 1. The van der Waals surface area contributed by atoms with Gasteiger partial charge in [0.1, 0.15) is 5.15 Å². The zero-order valence-corrected chi connectivity index (χ0v) is 20.6.